The van der Waals surface area contributed by atoms with Crippen molar-refractivity contribution >= 4 is 43.6 Å². The fourth-order valence-electron chi connectivity index (χ4n) is 10.2. The zero-order chi connectivity index (χ0) is 37.5. The van der Waals surface area contributed by atoms with Crippen LogP contribution in [0.4, 0.5) is 0 Å². The standard InChI is InChI=1S/C52H38N4/c1-51(2)40-22-12-8-18-32(40)36-28-46-38(26-42(36)51)34-20-10-14-24-44(34)55(46)48-30-49(54-50(53-48)31-16-6-5-7-17-31)56-45-25-15-11-21-35(45)39-27-43-37(29-47(39)56)33-19-9-13-23-41(33)52(43,3)4/h5-30H,1-4H3. The molecule has 0 fully saturated rings. The Morgan fingerprint density at radius 1 is 0.357 bits per heavy atom. The van der Waals surface area contributed by atoms with E-state index in [1.165, 1.54) is 66.1 Å². The third-order valence-corrected chi connectivity index (χ3v) is 12.9. The minimum absolute atomic E-state index is 0.0989. The zero-order valence-corrected chi connectivity index (χ0v) is 31.8. The fourth-order valence-corrected chi connectivity index (χ4v) is 10.2. The summed E-state index contributed by atoms with van der Waals surface area (Å²) < 4.78 is 4.72. The minimum Gasteiger partial charge on any atom is -0.294 e. The first-order chi connectivity index (χ1) is 27.3. The number of rotatable bonds is 3. The molecule has 0 saturated heterocycles. The molecule has 0 radical (unpaired) electrons. The summed E-state index contributed by atoms with van der Waals surface area (Å²) in [7, 11) is 0. The second-order valence-electron chi connectivity index (χ2n) is 16.7. The van der Waals surface area contributed by atoms with Gasteiger partial charge in [0.15, 0.2) is 5.82 Å². The molecule has 12 rings (SSSR count). The Bertz CT molecular complexity index is 3100. The number of aromatic nitrogens is 4. The number of hydrogen-bond donors (Lipinski definition) is 0. The highest BCUT2D eigenvalue weighted by molar-refractivity contribution is 6.13. The van der Waals surface area contributed by atoms with Gasteiger partial charge < -0.3 is 0 Å². The predicted molar refractivity (Wildman–Crippen MR) is 231 cm³/mol. The Hall–Kier alpha value is -6.78. The summed E-state index contributed by atoms with van der Waals surface area (Å²) in [5.74, 6) is 2.36. The predicted octanol–water partition coefficient (Wildman–Crippen LogP) is 13.0. The number of hydrogen-bond acceptors (Lipinski definition) is 2. The Balaban J connectivity index is 1.18. The van der Waals surface area contributed by atoms with Crippen LogP contribution in [-0.4, -0.2) is 19.1 Å². The molecule has 56 heavy (non-hydrogen) atoms. The van der Waals surface area contributed by atoms with Gasteiger partial charge in [-0.25, -0.2) is 9.97 Å². The molecule has 0 bridgehead atoms. The molecule has 0 saturated carbocycles. The summed E-state index contributed by atoms with van der Waals surface area (Å²) in [6, 6.07) is 57.6. The maximum atomic E-state index is 5.43. The van der Waals surface area contributed by atoms with Gasteiger partial charge in [0.05, 0.1) is 22.1 Å². The van der Waals surface area contributed by atoms with E-state index in [1.807, 2.05) is 6.07 Å². The highest BCUT2D eigenvalue weighted by Crippen LogP contribution is 2.52. The lowest BCUT2D eigenvalue weighted by Crippen LogP contribution is -2.14. The summed E-state index contributed by atoms with van der Waals surface area (Å²) in [6.07, 6.45) is 0. The van der Waals surface area contributed by atoms with Crippen LogP contribution in [-0.2, 0) is 10.8 Å². The van der Waals surface area contributed by atoms with E-state index in [0.717, 1.165) is 39.3 Å². The van der Waals surface area contributed by atoms with Crippen molar-refractivity contribution in [1.29, 1.82) is 0 Å². The summed E-state index contributed by atoms with van der Waals surface area (Å²) in [5.41, 5.74) is 16.0. The van der Waals surface area contributed by atoms with Crippen LogP contribution >= 0.6 is 0 Å². The van der Waals surface area contributed by atoms with Crippen LogP contribution in [0.15, 0.2) is 158 Å². The van der Waals surface area contributed by atoms with E-state index >= 15 is 0 Å². The van der Waals surface area contributed by atoms with E-state index in [9.17, 15) is 0 Å². The molecular formula is C52H38N4. The largest absolute Gasteiger partial charge is 0.294 e. The molecule has 266 valence electrons. The average molecular weight is 719 g/mol. The zero-order valence-electron chi connectivity index (χ0n) is 31.8. The van der Waals surface area contributed by atoms with Crippen LogP contribution in [0.5, 0.6) is 0 Å². The Morgan fingerprint density at radius 2 is 0.786 bits per heavy atom. The molecule has 2 aliphatic carbocycles. The Kier molecular flexibility index (Phi) is 6.15. The number of para-hydroxylation sites is 2. The number of nitrogens with zero attached hydrogens (tertiary/aromatic N) is 4. The maximum absolute atomic E-state index is 5.43. The van der Waals surface area contributed by atoms with Gasteiger partial charge in [-0.1, -0.05) is 143 Å². The molecule has 0 amide bonds. The topological polar surface area (TPSA) is 35.6 Å². The summed E-state index contributed by atoms with van der Waals surface area (Å²) >= 11 is 0. The highest BCUT2D eigenvalue weighted by Gasteiger charge is 2.37. The molecule has 3 heterocycles. The van der Waals surface area contributed by atoms with Crippen molar-refractivity contribution in [2.75, 3.05) is 0 Å². The van der Waals surface area contributed by atoms with Gasteiger partial charge in [0.25, 0.3) is 0 Å². The number of fused-ring (bicyclic) bond motifs is 12. The first kappa shape index (κ1) is 31.6. The van der Waals surface area contributed by atoms with Gasteiger partial charge >= 0.3 is 0 Å². The molecule has 0 unspecified atom stereocenters. The molecule has 0 aliphatic heterocycles. The van der Waals surface area contributed by atoms with Gasteiger partial charge in [0, 0.05) is 44.0 Å². The Morgan fingerprint density at radius 3 is 1.29 bits per heavy atom. The van der Waals surface area contributed by atoms with Crippen molar-refractivity contribution in [3.8, 4) is 45.3 Å². The van der Waals surface area contributed by atoms with E-state index in [4.69, 9.17) is 9.97 Å². The van der Waals surface area contributed by atoms with E-state index in [2.05, 4.69) is 188 Å². The quantitative estimate of drug-likeness (QED) is 0.182. The maximum Gasteiger partial charge on any atom is 0.163 e. The lowest BCUT2D eigenvalue weighted by molar-refractivity contribution is 0.661. The van der Waals surface area contributed by atoms with Gasteiger partial charge in [-0.05, 0) is 80.9 Å². The van der Waals surface area contributed by atoms with Crippen LogP contribution in [0.2, 0.25) is 0 Å². The molecule has 7 aromatic carbocycles. The van der Waals surface area contributed by atoms with Gasteiger partial charge in [-0.15, -0.1) is 0 Å². The highest BCUT2D eigenvalue weighted by atomic mass is 15.1. The van der Waals surface area contributed by atoms with Crippen molar-refractivity contribution in [3.05, 3.63) is 180 Å². The van der Waals surface area contributed by atoms with Crippen molar-refractivity contribution in [2.24, 2.45) is 0 Å². The third kappa shape index (κ3) is 4.08. The molecular weight excluding hydrogens is 681 g/mol. The summed E-state index contributed by atoms with van der Waals surface area (Å²) in [5, 5.41) is 4.89. The van der Waals surface area contributed by atoms with Crippen molar-refractivity contribution < 1.29 is 0 Å². The molecule has 0 spiro atoms. The monoisotopic (exact) mass is 718 g/mol. The van der Waals surface area contributed by atoms with Gasteiger partial charge in [0.1, 0.15) is 11.6 Å². The first-order valence-electron chi connectivity index (χ1n) is 19.6. The molecule has 4 nitrogen and oxygen atoms in total. The van der Waals surface area contributed by atoms with Crippen LogP contribution in [0.25, 0.3) is 88.9 Å². The van der Waals surface area contributed by atoms with E-state index in [0.29, 0.717) is 5.82 Å². The smallest absolute Gasteiger partial charge is 0.163 e. The minimum atomic E-state index is -0.0989. The van der Waals surface area contributed by atoms with Gasteiger partial charge in [-0.2, -0.15) is 0 Å². The van der Waals surface area contributed by atoms with E-state index < -0.39 is 0 Å². The lowest BCUT2D eigenvalue weighted by atomic mass is 9.82. The number of benzene rings is 7. The first-order valence-corrected chi connectivity index (χ1v) is 19.6. The van der Waals surface area contributed by atoms with Crippen molar-refractivity contribution in [2.45, 2.75) is 38.5 Å². The normalized spacial score (nSPS) is 14.7. The molecule has 10 aromatic rings. The summed E-state index contributed by atoms with van der Waals surface area (Å²) in [6.45, 7) is 9.41. The molecule has 0 atom stereocenters. The fraction of sp³-hybridized carbons (Fsp3) is 0.115. The van der Waals surface area contributed by atoms with Crippen LogP contribution in [0.3, 0.4) is 0 Å². The van der Waals surface area contributed by atoms with Crippen molar-refractivity contribution in [1.82, 2.24) is 19.1 Å². The molecule has 4 heteroatoms. The van der Waals surface area contributed by atoms with Crippen LogP contribution in [0, 0.1) is 0 Å². The lowest BCUT2D eigenvalue weighted by Gasteiger charge is -2.21. The SMILES string of the molecule is CC1(C)c2ccccc2-c2cc3c(cc21)c1ccccc1n3-c1cc(-n2c3ccccc3c3cc4c(cc32)-c2ccccc2C4(C)C)nc(-c2ccccc2)n1. The van der Waals surface area contributed by atoms with E-state index in [-0.39, 0.29) is 10.8 Å². The van der Waals surface area contributed by atoms with Gasteiger partial charge in [-0.3, -0.25) is 9.13 Å². The molecule has 2 aliphatic rings. The summed E-state index contributed by atoms with van der Waals surface area (Å²) in [4.78, 5) is 10.9. The average Bonchev–Trinajstić information content (AvgIpc) is 3.88. The molecule has 3 aromatic heterocycles. The second kappa shape index (κ2) is 10.9. The van der Waals surface area contributed by atoms with Gasteiger partial charge in [0.2, 0.25) is 0 Å². The third-order valence-electron chi connectivity index (χ3n) is 12.9. The second-order valence-corrected chi connectivity index (χ2v) is 16.7. The molecule has 0 N–H and O–H groups in total. The van der Waals surface area contributed by atoms with Crippen molar-refractivity contribution in [3.63, 3.8) is 0 Å². The van der Waals surface area contributed by atoms with Crippen LogP contribution < -0.4 is 0 Å². The van der Waals surface area contributed by atoms with E-state index in [1.54, 1.807) is 0 Å². The Labute approximate surface area is 325 Å². The van der Waals surface area contributed by atoms with Crippen LogP contribution in [0.1, 0.15) is 49.9 Å².